The van der Waals surface area contributed by atoms with E-state index in [-0.39, 0.29) is 24.4 Å². The van der Waals surface area contributed by atoms with Gasteiger partial charge in [-0.25, -0.2) is 4.79 Å². The minimum atomic E-state index is -0.893. The van der Waals surface area contributed by atoms with E-state index in [1.807, 2.05) is 18.2 Å². The number of aromatic carboxylic acids is 1. The first-order chi connectivity index (χ1) is 13.2. The highest BCUT2D eigenvalue weighted by atomic mass is 35.5. The fourth-order valence-electron chi connectivity index (χ4n) is 3.79. The Kier molecular flexibility index (Phi) is 6.68. The third kappa shape index (κ3) is 4.53. The van der Waals surface area contributed by atoms with Crippen LogP contribution in [0.2, 0.25) is 0 Å². The lowest BCUT2D eigenvalue weighted by molar-refractivity contribution is 0.0106. The molecule has 0 aliphatic carbocycles. The van der Waals surface area contributed by atoms with E-state index in [9.17, 15) is 4.79 Å². The molecule has 2 unspecified atom stereocenters. The predicted octanol–water partition coefficient (Wildman–Crippen LogP) is 4.62. The van der Waals surface area contributed by atoms with E-state index in [2.05, 4.69) is 41.7 Å². The second-order valence-corrected chi connectivity index (χ2v) is 7.06. The van der Waals surface area contributed by atoms with Crippen LogP contribution in [0.1, 0.15) is 33.8 Å². The number of hydrogen-bond donors (Lipinski definition) is 2. The lowest BCUT2D eigenvalue weighted by Crippen LogP contribution is -2.41. The van der Waals surface area contributed by atoms with Crippen molar-refractivity contribution in [2.45, 2.75) is 25.0 Å². The van der Waals surface area contributed by atoms with Gasteiger partial charge in [-0.1, -0.05) is 48.5 Å². The maximum absolute atomic E-state index is 11.1. The Hall–Kier alpha value is -2.40. The molecule has 0 bridgehead atoms. The normalized spacial score (nSPS) is 19.1. The summed E-state index contributed by atoms with van der Waals surface area (Å²) in [5.74, 6) is -0.620. The fourth-order valence-corrected chi connectivity index (χ4v) is 3.79. The number of halogens is 1. The molecule has 0 saturated carbocycles. The maximum atomic E-state index is 11.1. The number of fused-ring (bicyclic) bond motifs is 1. The van der Waals surface area contributed by atoms with Crippen LogP contribution in [0, 0.1) is 0 Å². The topological polar surface area (TPSA) is 58.6 Å². The van der Waals surface area contributed by atoms with Crippen molar-refractivity contribution in [3.8, 4) is 0 Å². The predicted molar refractivity (Wildman–Crippen MR) is 113 cm³/mol. The number of rotatable bonds is 5. The Bertz CT molecular complexity index is 942. The largest absolute Gasteiger partial charge is 0.478 e. The molecule has 1 aliphatic heterocycles. The third-order valence-corrected chi connectivity index (χ3v) is 5.29. The lowest BCUT2D eigenvalue weighted by Gasteiger charge is -2.32. The maximum Gasteiger partial charge on any atom is 0.335 e. The molecule has 4 rings (SSSR count). The van der Waals surface area contributed by atoms with Gasteiger partial charge in [0.25, 0.3) is 0 Å². The monoisotopic (exact) mass is 397 g/mol. The summed E-state index contributed by atoms with van der Waals surface area (Å²) in [6, 6.07) is 22.0. The van der Waals surface area contributed by atoms with Gasteiger partial charge >= 0.3 is 5.97 Å². The zero-order valence-corrected chi connectivity index (χ0v) is 16.3. The van der Waals surface area contributed by atoms with Crippen molar-refractivity contribution in [3.05, 3.63) is 83.4 Å². The summed E-state index contributed by atoms with van der Waals surface area (Å²) in [4.78, 5) is 11.1. The molecule has 3 aromatic rings. The number of carboxylic acid groups (broad SMARTS) is 1. The first kappa shape index (κ1) is 20.3. The molecule has 0 aromatic heterocycles. The fraction of sp³-hybridized carbons (Fsp3) is 0.261. The first-order valence-corrected chi connectivity index (χ1v) is 9.34. The van der Waals surface area contributed by atoms with Gasteiger partial charge in [0, 0.05) is 12.5 Å². The summed E-state index contributed by atoms with van der Waals surface area (Å²) in [6.45, 7) is 2.32. The van der Waals surface area contributed by atoms with Crippen LogP contribution >= 0.6 is 12.4 Å². The lowest BCUT2D eigenvalue weighted by atomic mass is 9.87. The summed E-state index contributed by atoms with van der Waals surface area (Å²) >= 11 is 0. The van der Waals surface area contributed by atoms with Gasteiger partial charge in [0.05, 0.1) is 18.3 Å². The molecule has 1 saturated heterocycles. The molecule has 1 heterocycles. The first-order valence-electron chi connectivity index (χ1n) is 9.34. The van der Waals surface area contributed by atoms with Crippen LogP contribution in [-0.4, -0.2) is 30.3 Å². The molecular weight excluding hydrogens is 374 g/mol. The van der Waals surface area contributed by atoms with Crippen molar-refractivity contribution < 1.29 is 14.6 Å². The van der Waals surface area contributed by atoms with Crippen LogP contribution in [0.25, 0.3) is 10.8 Å². The molecule has 2 N–H and O–H groups in total. The number of piperidine rings is 1. The van der Waals surface area contributed by atoms with Crippen LogP contribution in [0.4, 0.5) is 0 Å². The van der Waals surface area contributed by atoms with Crippen molar-refractivity contribution in [2.24, 2.45) is 0 Å². The van der Waals surface area contributed by atoms with Gasteiger partial charge < -0.3 is 15.2 Å². The molecule has 0 amide bonds. The standard InChI is InChI=1S/C23H23NO3.ClH/c25-23(26)19-9-7-18(8-10-19)21-11-12-24-14-22(21)27-15-16-5-6-17-3-1-2-4-20(17)13-16;/h1-10,13,21-22,24H,11-12,14-15H2,(H,25,26);1H. The minimum absolute atomic E-state index is 0. The van der Waals surface area contributed by atoms with Crippen LogP contribution in [0.5, 0.6) is 0 Å². The Morgan fingerprint density at radius 2 is 1.79 bits per heavy atom. The number of carboxylic acids is 1. The average Bonchev–Trinajstić information content (AvgIpc) is 2.72. The van der Waals surface area contributed by atoms with Crippen molar-refractivity contribution in [1.82, 2.24) is 5.32 Å². The van der Waals surface area contributed by atoms with Crippen LogP contribution in [0.3, 0.4) is 0 Å². The number of benzene rings is 3. The quantitative estimate of drug-likeness (QED) is 0.659. The minimum Gasteiger partial charge on any atom is -0.478 e. The van der Waals surface area contributed by atoms with Crippen LogP contribution in [0.15, 0.2) is 66.7 Å². The Morgan fingerprint density at radius 3 is 2.54 bits per heavy atom. The van der Waals surface area contributed by atoms with Gasteiger partial charge in [0.2, 0.25) is 0 Å². The van der Waals surface area contributed by atoms with Gasteiger partial charge in [-0.3, -0.25) is 0 Å². The van der Waals surface area contributed by atoms with E-state index < -0.39 is 5.97 Å². The highest BCUT2D eigenvalue weighted by Gasteiger charge is 2.27. The van der Waals surface area contributed by atoms with E-state index in [1.54, 1.807) is 12.1 Å². The van der Waals surface area contributed by atoms with E-state index in [4.69, 9.17) is 9.84 Å². The highest BCUT2D eigenvalue weighted by molar-refractivity contribution is 5.87. The van der Waals surface area contributed by atoms with E-state index in [0.717, 1.165) is 25.1 Å². The second-order valence-electron chi connectivity index (χ2n) is 7.06. The Balaban J connectivity index is 0.00000225. The molecule has 28 heavy (non-hydrogen) atoms. The smallest absolute Gasteiger partial charge is 0.335 e. The zero-order chi connectivity index (χ0) is 18.6. The Labute approximate surface area is 170 Å². The van der Waals surface area contributed by atoms with Crippen molar-refractivity contribution in [2.75, 3.05) is 13.1 Å². The van der Waals surface area contributed by atoms with Gasteiger partial charge in [0.15, 0.2) is 0 Å². The SMILES string of the molecule is Cl.O=C(O)c1ccc(C2CCNCC2OCc2ccc3ccccc3c2)cc1. The average molecular weight is 398 g/mol. The van der Waals surface area contributed by atoms with Gasteiger partial charge in [-0.15, -0.1) is 12.4 Å². The number of carbonyl (C=O) groups is 1. The number of hydrogen-bond acceptors (Lipinski definition) is 3. The summed E-state index contributed by atoms with van der Waals surface area (Å²) in [5.41, 5.74) is 2.63. The summed E-state index contributed by atoms with van der Waals surface area (Å²) in [5, 5.41) is 15.0. The van der Waals surface area contributed by atoms with Crippen LogP contribution < -0.4 is 5.32 Å². The molecule has 5 heteroatoms. The summed E-state index contributed by atoms with van der Waals surface area (Å²) in [7, 11) is 0. The second kappa shape index (κ2) is 9.20. The van der Waals surface area contributed by atoms with Gasteiger partial charge in [-0.2, -0.15) is 0 Å². The summed E-state index contributed by atoms with van der Waals surface area (Å²) in [6.07, 6.45) is 1.05. The van der Waals surface area contributed by atoms with Crippen LogP contribution in [-0.2, 0) is 11.3 Å². The molecule has 3 aromatic carbocycles. The Morgan fingerprint density at radius 1 is 1.04 bits per heavy atom. The van der Waals surface area contributed by atoms with E-state index in [0.29, 0.717) is 12.2 Å². The molecule has 0 spiro atoms. The van der Waals surface area contributed by atoms with E-state index >= 15 is 0 Å². The number of ether oxygens (including phenoxy) is 1. The molecule has 1 aliphatic rings. The molecular formula is C23H24ClNO3. The zero-order valence-electron chi connectivity index (χ0n) is 15.5. The van der Waals surface area contributed by atoms with E-state index in [1.165, 1.54) is 16.3 Å². The van der Waals surface area contributed by atoms with Crippen molar-refractivity contribution >= 4 is 29.1 Å². The van der Waals surface area contributed by atoms with Crippen molar-refractivity contribution in [3.63, 3.8) is 0 Å². The summed E-state index contributed by atoms with van der Waals surface area (Å²) < 4.78 is 6.28. The molecule has 1 fully saturated rings. The third-order valence-electron chi connectivity index (χ3n) is 5.29. The molecule has 4 nitrogen and oxygen atoms in total. The van der Waals surface area contributed by atoms with Gasteiger partial charge in [-0.05, 0) is 53.1 Å². The molecule has 146 valence electrons. The number of nitrogens with one attached hydrogen (secondary N) is 1. The highest BCUT2D eigenvalue weighted by Crippen LogP contribution is 2.29. The molecule has 0 radical (unpaired) electrons. The van der Waals surface area contributed by atoms with Gasteiger partial charge in [0.1, 0.15) is 0 Å². The van der Waals surface area contributed by atoms with Crippen molar-refractivity contribution in [1.29, 1.82) is 0 Å². The molecule has 2 atom stereocenters.